The number of thiocarbonyl (C=S) groups is 1. The van der Waals surface area contributed by atoms with Crippen LogP contribution in [0.5, 0.6) is 0 Å². The molecule has 0 saturated carbocycles. The number of benzene rings is 1. The summed E-state index contributed by atoms with van der Waals surface area (Å²) >= 11 is 5.01. The van der Waals surface area contributed by atoms with Gasteiger partial charge in [0.15, 0.2) is 10.9 Å². The molecule has 100 valence electrons. The average molecular weight is 276 g/mol. The molecular formula is C13H16N4OS. The number of ether oxygens (including phenoxy) is 1. The Bertz CT molecular complexity index is 550. The smallest absolute Gasteiger partial charge is 0.159 e. The van der Waals surface area contributed by atoms with Crippen LogP contribution in [0.15, 0.2) is 24.3 Å². The van der Waals surface area contributed by atoms with Crippen LogP contribution >= 0.6 is 12.2 Å². The molecule has 0 fully saturated rings. The summed E-state index contributed by atoms with van der Waals surface area (Å²) in [5.41, 5.74) is 2.18. The van der Waals surface area contributed by atoms with Crippen LogP contribution in [-0.4, -0.2) is 32.4 Å². The van der Waals surface area contributed by atoms with Gasteiger partial charge in [-0.25, -0.2) is 0 Å². The van der Waals surface area contributed by atoms with Crippen LogP contribution < -0.4 is 0 Å². The van der Waals surface area contributed by atoms with Gasteiger partial charge in [0.2, 0.25) is 0 Å². The zero-order valence-electron chi connectivity index (χ0n) is 11.0. The van der Waals surface area contributed by atoms with Crippen LogP contribution in [0.1, 0.15) is 24.2 Å². The third-order valence-corrected chi connectivity index (χ3v) is 3.19. The molecule has 6 heteroatoms. The van der Waals surface area contributed by atoms with E-state index in [-0.39, 0.29) is 0 Å². The molecule has 2 aromatic rings. The average Bonchev–Trinajstić information content (AvgIpc) is 2.88. The highest BCUT2D eigenvalue weighted by Crippen LogP contribution is 2.11. The lowest BCUT2D eigenvalue weighted by molar-refractivity contribution is 0.400. The Morgan fingerprint density at radius 3 is 2.74 bits per heavy atom. The Morgan fingerprint density at radius 2 is 2.05 bits per heavy atom. The SMILES string of the molecule is COC(=S)CCCc1nnnn1-c1ccc(C)cc1. The lowest BCUT2D eigenvalue weighted by Gasteiger charge is -2.05. The monoisotopic (exact) mass is 276 g/mol. The number of methoxy groups -OCH3 is 1. The van der Waals surface area contributed by atoms with E-state index in [0.717, 1.165) is 30.8 Å². The van der Waals surface area contributed by atoms with E-state index in [4.69, 9.17) is 17.0 Å². The predicted molar refractivity (Wildman–Crippen MR) is 76.4 cm³/mol. The van der Waals surface area contributed by atoms with E-state index in [0.29, 0.717) is 5.05 Å². The summed E-state index contributed by atoms with van der Waals surface area (Å²) < 4.78 is 6.73. The van der Waals surface area contributed by atoms with E-state index >= 15 is 0 Å². The number of aryl methyl sites for hydroxylation is 2. The zero-order valence-corrected chi connectivity index (χ0v) is 11.9. The van der Waals surface area contributed by atoms with Crippen molar-refractivity contribution in [2.45, 2.75) is 26.2 Å². The molecule has 0 N–H and O–H groups in total. The highest BCUT2D eigenvalue weighted by molar-refractivity contribution is 7.80. The topological polar surface area (TPSA) is 52.8 Å². The first-order valence-electron chi connectivity index (χ1n) is 6.12. The maximum absolute atomic E-state index is 5.01. The first-order valence-corrected chi connectivity index (χ1v) is 6.52. The third-order valence-electron chi connectivity index (χ3n) is 2.82. The first kappa shape index (κ1) is 13.6. The number of hydrogen-bond acceptors (Lipinski definition) is 5. The van der Waals surface area contributed by atoms with Gasteiger partial charge >= 0.3 is 0 Å². The molecule has 5 nitrogen and oxygen atoms in total. The quantitative estimate of drug-likeness (QED) is 0.784. The Kier molecular flexibility index (Phi) is 4.57. The van der Waals surface area contributed by atoms with Gasteiger partial charge in [-0.05, 0) is 48.1 Å². The molecule has 1 heterocycles. The van der Waals surface area contributed by atoms with E-state index in [1.54, 1.807) is 11.8 Å². The number of aromatic nitrogens is 4. The van der Waals surface area contributed by atoms with Crippen LogP contribution in [0.3, 0.4) is 0 Å². The molecule has 0 unspecified atom stereocenters. The first-order chi connectivity index (χ1) is 9.20. The van der Waals surface area contributed by atoms with E-state index in [1.165, 1.54) is 5.56 Å². The number of hydrogen-bond donors (Lipinski definition) is 0. The summed E-state index contributed by atoms with van der Waals surface area (Å²) in [7, 11) is 1.60. The molecule has 0 atom stereocenters. The largest absolute Gasteiger partial charge is 0.490 e. The van der Waals surface area contributed by atoms with Gasteiger partial charge in [0.1, 0.15) is 0 Å². The van der Waals surface area contributed by atoms with Crippen molar-refractivity contribution in [3.8, 4) is 5.69 Å². The molecule has 0 aliphatic carbocycles. The Hall–Kier alpha value is -1.82. The van der Waals surface area contributed by atoms with Crippen molar-refractivity contribution in [2.24, 2.45) is 0 Å². The number of nitrogens with zero attached hydrogens (tertiary/aromatic N) is 4. The highest BCUT2D eigenvalue weighted by Gasteiger charge is 2.08. The molecule has 0 spiro atoms. The molecule has 0 radical (unpaired) electrons. The molecule has 0 amide bonds. The molecule has 1 aromatic carbocycles. The summed E-state index contributed by atoms with van der Waals surface area (Å²) in [6.45, 7) is 2.05. The van der Waals surface area contributed by atoms with Gasteiger partial charge in [0.05, 0.1) is 12.8 Å². The maximum Gasteiger partial charge on any atom is 0.159 e. The van der Waals surface area contributed by atoms with Gasteiger partial charge in [-0.1, -0.05) is 17.7 Å². The van der Waals surface area contributed by atoms with Crippen molar-refractivity contribution in [1.29, 1.82) is 0 Å². The van der Waals surface area contributed by atoms with Crippen molar-refractivity contribution < 1.29 is 4.74 Å². The summed E-state index contributed by atoms with van der Waals surface area (Å²) in [6.07, 6.45) is 2.38. The van der Waals surface area contributed by atoms with Gasteiger partial charge in [0.25, 0.3) is 0 Å². The minimum Gasteiger partial charge on any atom is -0.490 e. The van der Waals surface area contributed by atoms with E-state index in [1.807, 2.05) is 24.3 Å². The zero-order chi connectivity index (χ0) is 13.7. The van der Waals surface area contributed by atoms with Crippen molar-refractivity contribution >= 4 is 17.3 Å². The molecule has 0 saturated heterocycles. The van der Waals surface area contributed by atoms with Crippen molar-refractivity contribution in [2.75, 3.05) is 7.11 Å². The van der Waals surface area contributed by atoms with Crippen LogP contribution in [0, 0.1) is 6.92 Å². The Balaban J connectivity index is 2.05. The molecule has 19 heavy (non-hydrogen) atoms. The second-order valence-electron chi connectivity index (χ2n) is 4.27. The lowest BCUT2D eigenvalue weighted by Crippen LogP contribution is -2.05. The molecule has 0 aliphatic heterocycles. The van der Waals surface area contributed by atoms with Gasteiger partial charge in [-0.2, -0.15) is 4.68 Å². The van der Waals surface area contributed by atoms with E-state index in [2.05, 4.69) is 22.4 Å². The molecule has 2 rings (SSSR count). The fourth-order valence-corrected chi connectivity index (χ4v) is 1.89. The van der Waals surface area contributed by atoms with E-state index < -0.39 is 0 Å². The van der Waals surface area contributed by atoms with Crippen LogP contribution in [0.4, 0.5) is 0 Å². The van der Waals surface area contributed by atoms with Crippen LogP contribution in [0.2, 0.25) is 0 Å². The Labute approximate surface area is 117 Å². The standard InChI is InChI=1S/C13H16N4OS/c1-10-6-8-11(9-7-10)17-12(14-15-16-17)4-3-5-13(19)18-2/h6-9H,3-5H2,1-2H3. The molecule has 1 aromatic heterocycles. The lowest BCUT2D eigenvalue weighted by atomic mass is 10.2. The predicted octanol–water partition coefficient (Wildman–Crippen LogP) is 2.27. The fraction of sp³-hybridized carbons (Fsp3) is 0.385. The van der Waals surface area contributed by atoms with Gasteiger partial charge in [-0.3, -0.25) is 0 Å². The summed E-state index contributed by atoms with van der Waals surface area (Å²) in [4.78, 5) is 0. The molecule has 0 bridgehead atoms. The van der Waals surface area contributed by atoms with Crippen molar-refractivity contribution in [1.82, 2.24) is 20.2 Å². The minimum absolute atomic E-state index is 0.620. The highest BCUT2D eigenvalue weighted by atomic mass is 32.1. The van der Waals surface area contributed by atoms with Gasteiger partial charge in [-0.15, -0.1) is 5.10 Å². The summed E-state index contributed by atoms with van der Waals surface area (Å²) in [6, 6.07) is 8.10. The third kappa shape index (κ3) is 3.57. The van der Waals surface area contributed by atoms with Gasteiger partial charge in [0, 0.05) is 12.8 Å². The van der Waals surface area contributed by atoms with E-state index in [9.17, 15) is 0 Å². The fourth-order valence-electron chi connectivity index (χ4n) is 1.74. The van der Waals surface area contributed by atoms with Crippen LogP contribution in [-0.2, 0) is 11.2 Å². The molecular weight excluding hydrogens is 260 g/mol. The number of rotatable bonds is 5. The molecule has 0 aliphatic rings. The van der Waals surface area contributed by atoms with Crippen molar-refractivity contribution in [3.05, 3.63) is 35.7 Å². The van der Waals surface area contributed by atoms with Crippen molar-refractivity contribution in [3.63, 3.8) is 0 Å². The van der Waals surface area contributed by atoms with Crippen LogP contribution in [0.25, 0.3) is 5.69 Å². The minimum atomic E-state index is 0.620. The number of tetrazole rings is 1. The summed E-state index contributed by atoms with van der Waals surface area (Å²) in [5.74, 6) is 0.836. The van der Waals surface area contributed by atoms with Gasteiger partial charge < -0.3 is 4.74 Å². The maximum atomic E-state index is 5.01. The second kappa shape index (κ2) is 6.38. The Morgan fingerprint density at radius 1 is 1.32 bits per heavy atom. The normalized spacial score (nSPS) is 10.4. The summed E-state index contributed by atoms with van der Waals surface area (Å²) in [5, 5.41) is 12.4. The second-order valence-corrected chi connectivity index (χ2v) is 4.73.